The molecule has 0 aliphatic carbocycles. The van der Waals surface area contributed by atoms with Gasteiger partial charge in [-0.15, -0.1) is 0 Å². The van der Waals surface area contributed by atoms with E-state index in [9.17, 15) is 0 Å². The Hall–Kier alpha value is 1.55. The fourth-order valence-electron chi connectivity index (χ4n) is 1.13. The zero-order chi connectivity index (χ0) is 10.8. The first kappa shape index (κ1) is 14.6. The lowest BCUT2D eigenvalue weighted by Crippen LogP contribution is -2.33. The molecule has 0 aliphatic heterocycles. The van der Waals surface area contributed by atoms with Crippen LogP contribution in [-0.2, 0) is 0 Å². The van der Waals surface area contributed by atoms with Gasteiger partial charge < -0.3 is 0 Å². The number of nitrogens with zero attached hydrogens (tertiary/aromatic N) is 1. The highest BCUT2D eigenvalue weighted by Crippen LogP contribution is 2.65. The number of halogens is 4. The van der Waals surface area contributed by atoms with Crippen LogP contribution in [-0.4, -0.2) is 20.3 Å². The highest BCUT2D eigenvalue weighted by atomic mass is 35.7. The minimum Gasteiger partial charge on any atom is -0.261 e. The fourth-order valence-corrected chi connectivity index (χ4v) is 4.04. The van der Waals surface area contributed by atoms with Crippen molar-refractivity contribution in [3.63, 3.8) is 0 Å². The van der Waals surface area contributed by atoms with Crippen LogP contribution in [0.25, 0.3) is 0 Å². The van der Waals surface area contributed by atoms with Crippen molar-refractivity contribution in [3.8, 4) is 0 Å². The van der Waals surface area contributed by atoms with E-state index in [1.807, 2.05) is 32.4 Å². The summed E-state index contributed by atoms with van der Waals surface area (Å²) in [5.74, 6) is 0. The summed E-state index contributed by atoms with van der Waals surface area (Å²) in [5.41, 5.74) is 0. The van der Waals surface area contributed by atoms with Gasteiger partial charge in [0.25, 0.3) is 0 Å². The molecule has 0 spiro atoms. The number of alkyl halides is 3. The molecule has 1 unspecified atom stereocenters. The molecule has 0 aromatic carbocycles. The monoisotopic (exact) mass is 283 g/mol. The highest BCUT2D eigenvalue weighted by Gasteiger charge is 2.38. The Bertz CT molecular complexity index is 149. The van der Waals surface area contributed by atoms with E-state index in [2.05, 4.69) is 0 Å². The van der Waals surface area contributed by atoms with Crippen LogP contribution in [0.15, 0.2) is 0 Å². The average Bonchev–Trinajstić information content (AvgIpc) is 1.82. The van der Waals surface area contributed by atoms with Crippen LogP contribution in [0.2, 0.25) is 0 Å². The molecule has 0 fully saturated rings. The van der Waals surface area contributed by atoms with Gasteiger partial charge in [-0.3, -0.25) is 4.67 Å². The molecule has 1 nitrogen and oxygen atoms in total. The predicted octanol–water partition coefficient (Wildman–Crippen LogP) is 4.98. The van der Waals surface area contributed by atoms with E-state index >= 15 is 0 Å². The molecule has 0 amide bonds. The maximum Gasteiger partial charge on any atom is 0.236 e. The molecule has 0 saturated carbocycles. The minimum absolute atomic E-state index is 0.277. The summed E-state index contributed by atoms with van der Waals surface area (Å²) >= 11 is 23.4. The van der Waals surface area contributed by atoms with Gasteiger partial charge in [-0.1, -0.05) is 46.0 Å². The van der Waals surface area contributed by atoms with E-state index in [1.54, 1.807) is 0 Å². The summed E-state index contributed by atoms with van der Waals surface area (Å²) in [7, 11) is -1.26. The van der Waals surface area contributed by atoms with Crippen LogP contribution in [0.4, 0.5) is 0 Å². The molecule has 0 aliphatic rings. The molecule has 0 heterocycles. The van der Waals surface area contributed by atoms with Gasteiger partial charge >= 0.3 is 0 Å². The van der Waals surface area contributed by atoms with Gasteiger partial charge in [0.05, 0.1) is 0 Å². The summed E-state index contributed by atoms with van der Waals surface area (Å²) in [4.78, 5) is 0. The van der Waals surface area contributed by atoms with Gasteiger partial charge in [0.2, 0.25) is 3.53 Å². The van der Waals surface area contributed by atoms with Gasteiger partial charge in [-0.25, -0.2) is 0 Å². The second-order valence-electron chi connectivity index (χ2n) is 3.30. The van der Waals surface area contributed by atoms with Crippen molar-refractivity contribution in [2.24, 2.45) is 0 Å². The quantitative estimate of drug-likeness (QED) is 0.522. The summed E-state index contributed by atoms with van der Waals surface area (Å²) in [6.45, 7) is 8.14. The molecule has 0 radical (unpaired) electrons. The van der Waals surface area contributed by atoms with Crippen LogP contribution < -0.4 is 0 Å². The van der Waals surface area contributed by atoms with Crippen molar-refractivity contribution in [2.75, 3.05) is 0 Å². The smallest absolute Gasteiger partial charge is 0.236 e. The molecule has 0 rings (SSSR count). The van der Waals surface area contributed by atoms with Crippen molar-refractivity contribution >= 4 is 53.5 Å². The van der Waals surface area contributed by atoms with Crippen LogP contribution in [0, 0.1) is 0 Å². The van der Waals surface area contributed by atoms with Crippen molar-refractivity contribution in [3.05, 3.63) is 0 Å². The van der Waals surface area contributed by atoms with E-state index in [4.69, 9.17) is 46.0 Å². The Morgan fingerprint density at radius 3 is 1.38 bits per heavy atom. The van der Waals surface area contributed by atoms with Crippen molar-refractivity contribution in [1.82, 2.24) is 4.67 Å². The predicted molar refractivity (Wildman–Crippen MR) is 65.2 cm³/mol. The molecule has 80 valence electrons. The van der Waals surface area contributed by atoms with Crippen LogP contribution in [0.1, 0.15) is 27.7 Å². The Balaban J connectivity index is 4.56. The van der Waals surface area contributed by atoms with Gasteiger partial charge in [0, 0.05) is 12.1 Å². The number of hydrogen-bond donors (Lipinski definition) is 0. The highest BCUT2D eigenvalue weighted by molar-refractivity contribution is 7.87. The van der Waals surface area contributed by atoms with Crippen LogP contribution >= 0.6 is 53.5 Å². The van der Waals surface area contributed by atoms with E-state index in [1.165, 1.54) is 0 Å². The standard InChI is InChI=1S/C7H14Cl4NP/c1-5(2)12(6(3)4)13(11)7(8,9)10/h5-6H,1-4H3. The lowest BCUT2D eigenvalue weighted by atomic mass is 10.3. The van der Waals surface area contributed by atoms with Gasteiger partial charge in [0.15, 0.2) is 0 Å². The van der Waals surface area contributed by atoms with Crippen molar-refractivity contribution in [2.45, 2.75) is 43.3 Å². The van der Waals surface area contributed by atoms with Crippen LogP contribution in [0.5, 0.6) is 0 Å². The normalized spacial score (nSPS) is 15.9. The Kier molecular flexibility index (Phi) is 6.25. The number of hydrogen-bond acceptors (Lipinski definition) is 1. The summed E-state index contributed by atoms with van der Waals surface area (Å²) in [6, 6.07) is 0.554. The number of rotatable bonds is 3. The van der Waals surface area contributed by atoms with E-state index in [0.29, 0.717) is 0 Å². The van der Waals surface area contributed by atoms with Crippen molar-refractivity contribution in [1.29, 1.82) is 0 Å². The Morgan fingerprint density at radius 1 is 1.00 bits per heavy atom. The first-order valence-electron chi connectivity index (χ1n) is 3.99. The zero-order valence-corrected chi connectivity index (χ0v) is 12.0. The third kappa shape index (κ3) is 4.73. The summed E-state index contributed by atoms with van der Waals surface area (Å²) in [6.07, 6.45) is 0. The Labute approximate surface area is 101 Å². The van der Waals surface area contributed by atoms with E-state index in [0.717, 1.165) is 0 Å². The summed E-state index contributed by atoms with van der Waals surface area (Å²) < 4.78 is 0.634. The molecule has 0 aromatic heterocycles. The third-order valence-electron chi connectivity index (χ3n) is 1.47. The first-order chi connectivity index (χ1) is 5.68. The average molecular weight is 285 g/mol. The maximum atomic E-state index is 6.11. The van der Waals surface area contributed by atoms with Gasteiger partial charge in [-0.05, 0) is 27.7 Å². The van der Waals surface area contributed by atoms with Crippen molar-refractivity contribution < 1.29 is 0 Å². The molecular formula is C7H14Cl4NP. The topological polar surface area (TPSA) is 3.24 Å². The van der Waals surface area contributed by atoms with Crippen LogP contribution in [0.3, 0.4) is 0 Å². The summed E-state index contributed by atoms with van der Waals surface area (Å²) in [5, 5.41) is 0. The van der Waals surface area contributed by atoms with E-state index in [-0.39, 0.29) is 12.1 Å². The lowest BCUT2D eigenvalue weighted by Gasteiger charge is -2.37. The lowest BCUT2D eigenvalue weighted by molar-refractivity contribution is 0.326. The molecule has 13 heavy (non-hydrogen) atoms. The molecule has 0 N–H and O–H groups in total. The second kappa shape index (κ2) is 5.58. The third-order valence-corrected chi connectivity index (χ3v) is 6.72. The maximum absolute atomic E-state index is 6.11. The molecule has 1 atom stereocenters. The molecule has 0 bridgehead atoms. The SMILES string of the molecule is CC(C)N(C(C)C)P(Cl)C(Cl)(Cl)Cl. The molecular weight excluding hydrogens is 271 g/mol. The van der Waals surface area contributed by atoms with Gasteiger partial charge in [0.1, 0.15) is 7.43 Å². The van der Waals surface area contributed by atoms with Gasteiger partial charge in [-0.2, -0.15) is 0 Å². The fraction of sp³-hybridized carbons (Fsp3) is 1.00. The first-order valence-corrected chi connectivity index (χ1v) is 7.32. The minimum atomic E-state index is -1.38. The Morgan fingerprint density at radius 2 is 1.31 bits per heavy atom. The second-order valence-corrected chi connectivity index (χ2v) is 8.98. The van der Waals surface area contributed by atoms with E-state index < -0.39 is 11.0 Å². The zero-order valence-electron chi connectivity index (χ0n) is 8.06. The largest absolute Gasteiger partial charge is 0.261 e. The molecule has 0 saturated heterocycles. The molecule has 6 heteroatoms. The molecule has 0 aromatic rings.